The summed E-state index contributed by atoms with van der Waals surface area (Å²) in [5.41, 5.74) is 14.7. The molecular weight excluding hydrogens is 1460 g/mol. The first-order chi connectivity index (χ1) is 53.6. The number of aromatic hydroxyl groups is 1. The van der Waals surface area contributed by atoms with Gasteiger partial charge in [0, 0.05) is 95.3 Å². The third-order valence-electron chi connectivity index (χ3n) is 16.2. The summed E-state index contributed by atoms with van der Waals surface area (Å²) in [6.45, 7) is 5.82. The van der Waals surface area contributed by atoms with Gasteiger partial charge >= 0.3 is 6.01 Å². The lowest BCUT2D eigenvalue weighted by atomic mass is 10.1. The molecule has 0 unspecified atom stereocenters. The number of benzene rings is 8. The molecule has 26 heteroatoms. The molecule has 0 amide bonds. The fourth-order valence-electron chi connectivity index (χ4n) is 10.4. The maximum Gasteiger partial charge on any atom is 0.321 e. The van der Waals surface area contributed by atoms with Crippen molar-refractivity contribution in [3.63, 3.8) is 0 Å². The minimum absolute atomic E-state index is 0.200. The molecule has 14 rings (SSSR count). The number of pyridine rings is 1. The monoisotopic (exact) mass is 1530 g/mol. The summed E-state index contributed by atoms with van der Waals surface area (Å²) >= 11 is 24.4. The molecule has 540 valence electrons. The van der Waals surface area contributed by atoms with Gasteiger partial charge in [0.1, 0.15) is 63.8 Å². The molecule has 0 aliphatic heterocycles. The molecule has 6 aromatic heterocycles. The Morgan fingerprint density at radius 3 is 1.19 bits per heavy atom. The van der Waals surface area contributed by atoms with Gasteiger partial charge in [-0.3, -0.25) is 20.4 Å². The molecular formula is C84H63Cl4N19O3. The van der Waals surface area contributed by atoms with Gasteiger partial charge in [-0.15, -0.1) is 0 Å². The van der Waals surface area contributed by atoms with Crippen LogP contribution in [-0.2, 0) is 25.7 Å². The van der Waals surface area contributed by atoms with Crippen LogP contribution in [0.1, 0.15) is 106 Å². The van der Waals surface area contributed by atoms with Crippen LogP contribution >= 0.6 is 46.4 Å². The molecule has 0 atom stereocenters. The number of nitrogens with one attached hydrogen (secondary N) is 4. The third-order valence-corrected chi connectivity index (χ3v) is 17.4. The molecule has 14 aromatic rings. The average molecular weight is 1530 g/mol. The smallest absolute Gasteiger partial charge is 0.321 e. The average Bonchev–Trinajstić information content (AvgIpc) is 1.70. The van der Waals surface area contributed by atoms with Crippen molar-refractivity contribution in [2.45, 2.75) is 46.5 Å². The fourth-order valence-corrected chi connectivity index (χ4v) is 11.2. The number of nitriles is 4. The Labute approximate surface area is 652 Å². The van der Waals surface area contributed by atoms with Gasteiger partial charge in [-0.05, 0) is 173 Å². The molecule has 0 spiro atoms. The highest BCUT2D eigenvalue weighted by Crippen LogP contribution is 2.30. The van der Waals surface area contributed by atoms with Gasteiger partial charge in [0.25, 0.3) is 0 Å². The lowest BCUT2D eigenvalue weighted by Gasteiger charge is -2.04. The number of phenols is 1. The standard InChI is InChI=1S/C24H18ClN5O.C22H15ClN6O.C19H15ClN4O.C19H15ClN4/c1-16-5-10-23(27-14-16)31-20-8-6-17(7-9-20)15-28-24-21(13-26)22(29-30-24)12-18-3-2-4-19(25)11-18;23-17-4-1-3-16(11-17)12-20-19(13-24)21(29-28-20)27-14-15-5-7-18(8-6-15)30-22-25-9-2-10-26-22;1-12-6-7-13(8-18(12)25)11-22-19-15(10-21)17(23-24-19)9-14-4-2-3-5-16(14)20;1-13-6-8-14(9-7-13)12-22-19-16(11-21)18(23-24-19)10-15-4-2-3-5-17(15)20/h2-11,14-15H,12H2,1H3,(H,29,30);1-11,14H,12H2,(H,28,29);2-8,11,25H,9H2,1H3,(H,23,24);2-9,12H,10H2,1H3,(H,23,24). The predicted octanol–water partition coefficient (Wildman–Crippen LogP) is 19.5. The second-order valence-corrected chi connectivity index (χ2v) is 25.9. The zero-order chi connectivity index (χ0) is 77.1. The number of phenolic OH excluding ortho intramolecular Hbond substituents is 1. The van der Waals surface area contributed by atoms with Crippen molar-refractivity contribution in [2.24, 2.45) is 20.0 Å². The molecule has 0 bridgehead atoms. The van der Waals surface area contributed by atoms with E-state index in [0.717, 1.165) is 55.6 Å². The van der Waals surface area contributed by atoms with E-state index >= 15 is 0 Å². The van der Waals surface area contributed by atoms with Crippen LogP contribution in [0.4, 0.5) is 23.3 Å². The second-order valence-electron chi connectivity index (χ2n) is 24.2. The van der Waals surface area contributed by atoms with Gasteiger partial charge in [-0.25, -0.2) is 34.9 Å². The number of H-pyrrole nitrogens is 4. The minimum atomic E-state index is 0.200. The third kappa shape index (κ3) is 21.8. The number of hydrogen-bond acceptors (Lipinski definition) is 18. The van der Waals surface area contributed by atoms with Crippen LogP contribution in [0.2, 0.25) is 20.1 Å². The van der Waals surface area contributed by atoms with Crippen molar-refractivity contribution in [3.05, 3.63) is 351 Å². The van der Waals surface area contributed by atoms with E-state index < -0.39 is 0 Å². The van der Waals surface area contributed by atoms with Crippen LogP contribution in [0.3, 0.4) is 0 Å². The second kappa shape index (κ2) is 38.3. The summed E-state index contributed by atoms with van der Waals surface area (Å²) in [5, 5.41) is 78.6. The topological polar surface area (TPSA) is 337 Å². The first-order valence-electron chi connectivity index (χ1n) is 33.7. The molecule has 0 aliphatic carbocycles. The maximum atomic E-state index is 9.74. The predicted molar refractivity (Wildman–Crippen MR) is 427 cm³/mol. The fraction of sp³-hybridized carbons (Fsp3) is 0.0833. The number of hydrogen-bond donors (Lipinski definition) is 5. The lowest BCUT2D eigenvalue weighted by Crippen LogP contribution is -1.92. The zero-order valence-electron chi connectivity index (χ0n) is 59.0. The number of aryl methyl sites for hydroxylation is 3. The molecule has 0 fully saturated rings. The zero-order valence-corrected chi connectivity index (χ0v) is 62.0. The first-order valence-corrected chi connectivity index (χ1v) is 35.2. The number of halogens is 4. The molecule has 0 aliphatic rings. The van der Waals surface area contributed by atoms with Crippen LogP contribution in [0, 0.1) is 66.1 Å². The van der Waals surface area contributed by atoms with Gasteiger partial charge in [0.05, 0.1) is 22.8 Å². The van der Waals surface area contributed by atoms with Crippen LogP contribution in [0.25, 0.3) is 0 Å². The Hall–Kier alpha value is -14.0. The minimum Gasteiger partial charge on any atom is -0.508 e. The van der Waals surface area contributed by atoms with Crippen molar-refractivity contribution >= 4 is 94.5 Å². The Kier molecular flexibility index (Phi) is 26.9. The highest BCUT2D eigenvalue weighted by atomic mass is 35.5. The van der Waals surface area contributed by atoms with Crippen LogP contribution < -0.4 is 9.47 Å². The largest absolute Gasteiger partial charge is 0.508 e. The Morgan fingerprint density at radius 2 is 0.791 bits per heavy atom. The van der Waals surface area contributed by atoms with Gasteiger partial charge in [-0.2, -0.15) is 41.4 Å². The van der Waals surface area contributed by atoms with Crippen molar-refractivity contribution in [2.75, 3.05) is 0 Å². The quantitative estimate of drug-likeness (QED) is 0.0443. The highest BCUT2D eigenvalue weighted by molar-refractivity contribution is 6.32. The van der Waals surface area contributed by atoms with E-state index in [1.54, 1.807) is 73.8 Å². The normalized spacial score (nSPS) is 10.9. The summed E-state index contributed by atoms with van der Waals surface area (Å²) in [5.74, 6) is 3.41. The van der Waals surface area contributed by atoms with E-state index in [1.807, 2.05) is 197 Å². The molecule has 0 radical (unpaired) electrons. The molecule has 22 nitrogen and oxygen atoms in total. The van der Waals surface area contributed by atoms with Gasteiger partial charge in [-0.1, -0.05) is 155 Å². The van der Waals surface area contributed by atoms with Crippen LogP contribution in [-0.4, -0.2) is 85.7 Å². The first kappa shape index (κ1) is 77.1. The SMILES string of the molecule is Cc1ccc(C=Nc2n[nH]c(Cc3ccccc3Cl)c2C#N)cc1.Cc1ccc(C=Nc2n[nH]c(Cc3ccccc3Cl)c2C#N)cc1O.Cc1ccc(Oc2ccc(C=Nc3n[nH]c(Cc4cccc(Cl)c4)c3C#N)cc2)nc1.N#Cc1c(N=Cc2ccc(Oc3ncccn3)cc2)n[nH]c1Cc1cccc(Cl)c1. The number of nitrogens with zero attached hydrogens (tertiary/aromatic N) is 15. The van der Waals surface area contributed by atoms with Gasteiger partial charge in [0.15, 0.2) is 23.3 Å². The van der Waals surface area contributed by atoms with Crippen molar-refractivity contribution in [3.8, 4) is 53.4 Å². The van der Waals surface area contributed by atoms with Crippen molar-refractivity contribution in [1.82, 2.24) is 55.7 Å². The Morgan fingerprint density at radius 1 is 0.400 bits per heavy atom. The molecule has 8 aromatic carbocycles. The van der Waals surface area contributed by atoms with E-state index in [0.29, 0.717) is 131 Å². The number of aromatic nitrogens is 11. The van der Waals surface area contributed by atoms with Gasteiger partial charge < -0.3 is 14.6 Å². The Bertz CT molecular complexity index is 5790. The number of aliphatic imine (C=N–C) groups is 4. The van der Waals surface area contributed by atoms with E-state index in [4.69, 9.17) is 55.9 Å². The number of aromatic amines is 4. The summed E-state index contributed by atoms with van der Waals surface area (Å²) in [6.07, 6.45) is 13.6. The van der Waals surface area contributed by atoms with Gasteiger partial charge in [0.2, 0.25) is 5.88 Å². The molecule has 5 N–H and O–H groups in total. The summed E-state index contributed by atoms with van der Waals surface area (Å²) in [6, 6.07) is 72.4. The van der Waals surface area contributed by atoms with Crippen LogP contribution in [0.15, 0.2) is 245 Å². The van der Waals surface area contributed by atoms with E-state index in [1.165, 1.54) is 5.56 Å². The van der Waals surface area contributed by atoms with Crippen LogP contribution in [0.5, 0.6) is 29.1 Å². The summed E-state index contributed by atoms with van der Waals surface area (Å²) in [4.78, 5) is 29.6. The molecule has 110 heavy (non-hydrogen) atoms. The number of rotatable bonds is 20. The van der Waals surface area contributed by atoms with E-state index in [2.05, 4.69) is 100.0 Å². The summed E-state index contributed by atoms with van der Waals surface area (Å²) in [7, 11) is 0. The molecule has 6 heterocycles. The van der Waals surface area contributed by atoms with E-state index in [9.17, 15) is 26.2 Å². The van der Waals surface area contributed by atoms with Crippen molar-refractivity contribution < 1.29 is 14.6 Å². The van der Waals surface area contributed by atoms with Crippen molar-refractivity contribution in [1.29, 1.82) is 21.0 Å². The maximum absolute atomic E-state index is 9.74. The molecule has 0 saturated carbocycles. The molecule has 0 saturated heterocycles. The number of ether oxygens (including phenoxy) is 2. The Balaban J connectivity index is 0.000000146. The highest BCUT2D eigenvalue weighted by Gasteiger charge is 2.18. The lowest BCUT2D eigenvalue weighted by molar-refractivity contribution is 0.442. The van der Waals surface area contributed by atoms with E-state index in [-0.39, 0.29) is 11.8 Å². The summed E-state index contributed by atoms with van der Waals surface area (Å²) < 4.78 is 11.3.